The van der Waals surface area contributed by atoms with Crippen LogP contribution in [0.25, 0.3) is 21.8 Å². The van der Waals surface area contributed by atoms with Crippen LogP contribution in [0.15, 0.2) is 66.7 Å². The molecule has 3 nitrogen and oxygen atoms in total. The Balaban J connectivity index is 1.76. The summed E-state index contributed by atoms with van der Waals surface area (Å²) >= 11 is 0. The standard InChI is InChI=1S/C19H12N2O/c20-12-13-4-3-5-14(10-13)22-15-8-9-17-16-6-1-2-7-18(16)21-19(17)11-15/h1-11,21H. The van der Waals surface area contributed by atoms with Gasteiger partial charge in [-0.25, -0.2) is 0 Å². The second-order valence-electron chi connectivity index (χ2n) is 5.12. The molecule has 1 aromatic heterocycles. The van der Waals surface area contributed by atoms with Crippen LogP contribution in [0.2, 0.25) is 0 Å². The number of para-hydroxylation sites is 1. The van der Waals surface area contributed by atoms with Gasteiger partial charge in [0.05, 0.1) is 17.1 Å². The topological polar surface area (TPSA) is 48.8 Å². The number of H-pyrrole nitrogens is 1. The molecule has 4 aromatic rings. The maximum Gasteiger partial charge on any atom is 0.129 e. The van der Waals surface area contributed by atoms with E-state index in [9.17, 15) is 0 Å². The molecule has 1 N–H and O–H groups in total. The quantitative estimate of drug-likeness (QED) is 0.564. The minimum absolute atomic E-state index is 0.587. The van der Waals surface area contributed by atoms with Gasteiger partial charge in [0.25, 0.3) is 0 Å². The molecule has 22 heavy (non-hydrogen) atoms. The molecule has 1 heterocycles. The molecular formula is C19H12N2O. The van der Waals surface area contributed by atoms with E-state index < -0.39 is 0 Å². The zero-order valence-electron chi connectivity index (χ0n) is 11.7. The molecule has 104 valence electrons. The van der Waals surface area contributed by atoms with Crippen LogP contribution in [-0.4, -0.2) is 4.98 Å². The highest BCUT2D eigenvalue weighted by Crippen LogP contribution is 2.30. The monoisotopic (exact) mass is 284 g/mol. The third-order valence-corrected chi connectivity index (χ3v) is 3.68. The van der Waals surface area contributed by atoms with Crippen molar-refractivity contribution < 1.29 is 4.74 Å². The second kappa shape index (κ2) is 4.94. The molecule has 0 aliphatic rings. The summed E-state index contributed by atoms with van der Waals surface area (Å²) in [6.45, 7) is 0. The first-order valence-electron chi connectivity index (χ1n) is 7.02. The predicted molar refractivity (Wildman–Crippen MR) is 87.0 cm³/mol. The molecule has 0 amide bonds. The molecular weight excluding hydrogens is 272 g/mol. The van der Waals surface area contributed by atoms with Crippen LogP contribution in [0.5, 0.6) is 11.5 Å². The van der Waals surface area contributed by atoms with Crippen LogP contribution in [0, 0.1) is 11.3 Å². The number of aromatic nitrogens is 1. The van der Waals surface area contributed by atoms with Gasteiger partial charge in [-0.05, 0) is 36.4 Å². The molecule has 0 spiro atoms. The summed E-state index contributed by atoms with van der Waals surface area (Å²) in [5, 5.41) is 11.3. The van der Waals surface area contributed by atoms with E-state index in [0.717, 1.165) is 16.8 Å². The van der Waals surface area contributed by atoms with Gasteiger partial charge < -0.3 is 9.72 Å². The van der Waals surface area contributed by atoms with Gasteiger partial charge in [-0.2, -0.15) is 5.26 Å². The van der Waals surface area contributed by atoms with Gasteiger partial charge in [-0.1, -0.05) is 24.3 Å². The molecule has 3 aromatic carbocycles. The van der Waals surface area contributed by atoms with E-state index in [1.807, 2.05) is 36.4 Å². The van der Waals surface area contributed by atoms with Crippen LogP contribution < -0.4 is 4.74 Å². The maximum absolute atomic E-state index is 8.94. The first kappa shape index (κ1) is 12.5. The highest BCUT2D eigenvalue weighted by atomic mass is 16.5. The van der Waals surface area contributed by atoms with Crippen LogP contribution in [0.4, 0.5) is 0 Å². The highest BCUT2D eigenvalue weighted by Gasteiger charge is 2.05. The van der Waals surface area contributed by atoms with Gasteiger partial charge in [0.1, 0.15) is 11.5 Å². The van der Waals surface area contributed by atoms with Gasteiger partial charge in [0, 0.05) is 22.4 Å². The number of benzene rings is 3. The number of rotatable bonds is 2. The molecule has 0 saturated carbocycles. The molecule has 0 unspecified atom stereocenters. The smallest absolute Gasteiger partial charge is 0.129 e. The maximum atomic E-state index is 8.94. The fraction of sp³-hybridized carbons (Fsp3) is 0. The zero-order valence-corrected chi connectivity index (χ0v) is 11.7. The van der Waals surface area contributed by atoms with E-state index in [-0.39, 0.29) is 0 Å². The van der Waals surface area contributed by atoms with Crippen LogP contribution in [0.1, 0.15) is 5.56 Å². The lowest BCUT2D eigenvalue weighted by molar-refractivity contribution is 0.483. The number of hydrogen-bond donors (Lipinski definition) is 1. The van der Waals surface area contributed by atoms with Crippen molar-refractivity contribution in [1.82, 2.24) is 4.98 Å². The Hall–Kier alpha value is -3.25. The van der Waals surface area contributed by atoms with E-state index >= 15 is 0 Å². The Labute approximate surface area is 127 Å². The van der Waals surface area contributed by atoms with E-state index in [0.29, 0.717) is 11.3 Å². The average Bonchev–Trinajstić information content (AvgIpc) is 2.92. The van der Waals surface area contributed by atoms with Crippen molar-refractivity contribution in [2.24, 2.45) is 0 Å². The number of ether oxygens (including phenoxy) is 1. The molecule has 0 bridgehead atoms. The summed E-state index contributed by atoms with van der Waals surface area (Å²) in [5.74, 6) is 1.41. The lowest BCUT2D eigenvalue weighted by Gasteiger charge is -2.05. The van der Waals surface area contributed by atoms with Crippen LogP contribution in [-0.2, 0) is 0 Å². The molecule has 0 aliphatic heterocycles. The molecule has 0 saturated heterocycles. The Kier molecular flexibility index (Phi) is 2.80. The lowest BCUT2D eigenvalue weighted by Crippen LogP contribution is -1.85. The van der Waals surface area contributed by atoms with Crippen molar-refractivity contribution in [3.8, 4) is 17.6 Å². The first-order chi connectivity index (χ1) is 10.8. The van der Waals surface area contributed by atoms with Crippen molar-refractivity contribution >= 4 is 21.8 Å². The van der Waals surface area contributed by atoms with Gasteiger partial charge in [-0.3, -0.25) is 0 Å². The summed E-state index contributed by atoms with van der Waals surface area (Å²) in [5.41, 5.74) is 2.74. The zero-order chi connectivity index (χ0) is 14.9. The normalized spacial score (nSPS) is 10.7. The van der Waals surface area contributed by atoms with Crippen molar-refractivity contribution in [3.63, 3.8) is 0 Å². The van der Waals surface area contributed by atoms with E-state index in [2.05, 4.69) is 29.3 Å². The Morgan fingerprint density at radius 2 is 1.59 bits per heavy atom. The van der Waals surface area contributed by atoms with Crippen molar-refractivity contribution in [3.05, 3.63) is 72.3 Å². The van der Waals surface area contributed by atoms with E-state index in [1.165, 1.54) is 10.8 Å². The summed E-state index contributed by atoms with van der Waals surface area (Å²) < 4.78 is 5.85. The van der Waals surface area contributed by atoms with Gasteiger partial charge in [-0.15, -0.1) is 0 Å². The molecule has 0 atom stereocenters. The summed E-state index contributed by atoms with van der Waals surface area (Å²) in [6.07, 6.45) is 0. The predicted octanol–water partition coefficient (Wildman–Crippen LogP) is 4.99. The molecule has 0 fully saturated rings. The Bertz CT molecular complexity index is 1020. The Morgan fingerprint density at radius 3 is 2.50 bits per heavy atom. The van der Waals surface area contributed by atoms with Gasteiger partial charge in [0.15, 0.2) is 0 Å². The average molecular weight is 284 g/mol. The molecule has 3 heteroatoms. The Morgan fingerprint density at radius 1 is 0.773 bits per heavy atom. The molecule has 0 aliphatic carbocycles. The summed E-state index contributed by atoms with van der Waals surface area (Å²) in [6, 6.07) is 23.5. The fourth-order valence-electron chi connectivity index (χ4n) is 2.66. The van der Waals surface area contributed by atoms with Crippen LogP contribution in [0.3, 0.4) is 0 Å². The number of aromatic amines is 1. The minimum atomic E-state index is 0.587. The number of nitriles is 1. The van der Waals surface area contributed by atoms with Crippen molar-refractivity contribution in [2.45, 2.75) is 0 Å². The molecule has 0 radical (unpaired) electrons. The summed E-state index contributed by atoms with van der Waals surface area (Å²) in [7, 11) is 0. The largest absolute Gasteiger partial charge is 0.457 e. The lowest BCUT2D eigenvalue weighted by atomic mass is 10.1. The highest BCUT2D eigenvalue weighted by molar-refractivity contribution is 6.07. The van der Waals surface area contributed by atoms with E-state index in [4.69, 9.17) is 10.00 Å². The number of nitrogens with one attached hydrogen (secondary N) is 1. The third kappa shape index (κ3) is 2.07. The number of fused-ring (bicyclic) bond motifs is 3. The van der Waals surface area contributed by atoms with Gasteiger partial charge >= 0.3 is 0 Å². The van der Waals surface area contributed by atoms with Crippen molar-refractivity contribution in [1.29, 1.82) is 5.26 Å². The third-order valence-electron chi connectivity index (χ3n) is 3.68. The fourth-order valence-corrected chi connectivity index (χ4v) is 2.66. The molecule has 4 rings (SSSR count). The van der Waals surface area contributed by atoms with Gasteiger partial charge in [0.2, 0.25) is 0 Å². The summed E-state index contributed by atoms with van der Waals surface area (Å²) in [4.78, 5) is 3.39. The van der Waals surface area contributed by atoms with Crippen LogP contribution >= 0.6 is 0 Å². The second-order valence-corrected chi connectivity index (χ2v) is 5.12. The first-order valence-corrected chi connectivity index (χ1v) is 7.02. The van der Waals surface area contributed by atoms with Crippen molar-refractivity contribution in [2.75, 3.05) is 0 Å². The SMILES string of the molecule is N#Cc1cccc(Oc2ccc3c(c2)[nH]c2ccccc23)c1. The minimum Gasteiger partial charge on any atom is -0.457 e. The number of hydrogen-bond acceptors (Lipinski definition) is 2. The van der Waals surface area contributed by atoms with E-state index in [1.54, 1.807) is 12.1 Å². The number of nitrogens with zero attached hydrogens (tertiary/aromatic N) is 1.